The normalized spacial score (nSPS) is 24.3. The summed E-state index contributed by atoms with van der Waals surface area (Å²) in [6, 6.07) is 4.27. The van der Waals surface area contributed by atoms with Crippen LogP contribution in [0.2, 0.25) is 5.02 Å². The highest BCUT2D eigenvalue weighted by Gasteiger charge is 2.49. The molecule has 2 saturated heterocycles. The average Bonchev–Trinajstić information content (AvgIpc) is 3.70. The number of aliphatic hydroxyl groups excluding tert-OH is 1. The van der Waals surface area contributed by atoms with Gasteiger partial charge in [-0.05, 0) is 63.1 Å². The van der Waals surface area contributed by atoms with Crippen molar-refractivity contribution in [2.24, 2.45) is 11.8 Å². The molecular formula is C35H35ClF5N5O3S. The van der Waals surface area contributed by atoms with E-state index in [2.05, 4.69) is 9.88 Å². The van der Waals surface area contributed by atoms with E-state index in [0.717, 1.165) is 30.4 Å². The van der Waals surface area contributed by atoms with Gasteiger partial charge in [0.1, 0.15) is 40.9 Å². The summed E-state index contributed by atoms with van der Waals surface area (Å²) in [6.45, 7) is 2.61. The highest BCUT2D eigenvalue weighted by Crippen LogP contribution is 2.50. The topological polar surface area (TPSA) is 118 Å². The molecule has 2 aromatic carbocycles. The molecule has 7 rings (SSSR count). The van der Waals surface area contributed by atoms with Crippen LogP contribution in [-0.2, 0) is 6.42 Å². The highest BCUT2D eigenvalue weighted by molar-refractivity contribution is 7.23. The fraction of sp³-hybridized carbons (Fsp3) is 0.514. The quantitative estimate of drug-likeness (QED) is 0.167. The molecule has 5 atom stereocenters. The maximum Gasteiger partial charge on any atom is 0.317 e. The van der Waals surface area contributed by atoms with Crippen molar-refractivity contribution in [3.63, 3.8) is 0 Å². The van der Waals surface area contributed by atoms with Gasteiger partial charge < -0.3 is 20.3 Å². The number of nitrogens with zero attached hydrogens (tertiary/aromatic N) is 4. The summed E-state index contributed by atoms with van der Waals surface area (Å²) < 4.78 is 85.5. The molecule has 5 heterocycles. The number of nitriles is 1. The molecule has 1 unspecified atom stereocenters. The molecule has 3 aliphatic heterocycles. The molecule has 3 aliphatic rings. The largest absolute Gasteiger partial charge is 0.491 e. The number of nitrogen functional groups attached to an aromatic ring is 1. The van der Waals surface area contributed by atoms with Gasteiger partial charge in [0, 0.05) is 36.3 Å². The molecule has 0 aliphatic carbocycles. The minimum atomic E-state index is -2.49. The van der Waals surface area contributed by atoms with Gasteiger partial charge in [-0.15, -0.1) is 11.3 Å². The van der Waals surface area contributed by atoms with Crippen LogP contribution in [0, 0.1) is 34.8 Å². The Morgan fingerprint density at radius 1 is 1.28 bits per heavy atom. The Bertz CT molecular complexity index is 2010. The molecule has 0 amide bonds. The lowest BCUT2D eigenvalue weighted by molar-refractivity contribution is 0.0444. The molecule has 8 nitrogen and oxygen atoms in total. The lowest BCUT2D eigenvalue weighted by Gasteiger charge is -2.33. The van der Waals surface area contributed by atoms with E-state index in [1.165, 1.54) is 6.07 Å². The first-order valence-electron chi connectivity index (χ1n) is 16.7. The summed E-state index contributed by atoms with van der Waals surface area (Å²) in [4.78, 5) is 11.3. The van der Waals surface area contributed by atoms with Gasteiger partial charge in [-0.3, -0.25) is 4.90 Å². The number of thiophene rings is 1. The predicted octanol–water partition coefficient (Wildman–Crippen LogP) is 7.84. The molecule has 2 fully saturated rings. The second-order valence-corrected chi connectivity index (χ2v) is 15.1. The van der Waals surface area contributed by atoms with Gasteiger partial charge in [-0.1, -0.05) is 17.7 Å². The van der Waals surface area contributed by atoms with E-state index < -0.39 is 41.8 Å². The maximum absolute atomic E-state index is 17.1. The lowest BCUT2D eigenvalue weighted by atomic mass is 9.80. The number of benzene rings is 2. The molecule has 2 aromatic heterocycles. The number of rotatable bonds is 9. The fourth-order valence-corrected chi connectivity index (χ4v) is 9.44. The third-order valence-electron chi connectivity index (χ3n) is 10.6. The third kappa shape index (κ3) is 5.99. The first kappa shape index (κ1) is 34.9. The number of ether oxygens (including phenoxy) is 2. The van der Waals surface area contributed by atoms with E-state index in [-0.39, 0.29) is 110 Å². The molecule has 50 heavy (non-hydrogen) atoms. The standard InChI is InChI=1S/C35H35ClF5N5O3S/c1-16(47)21-14-48-31-27-23(10-17(21)4-2-5-24(39)40)44-34(49-15-35-8-3-9-46(35)13-18(37)11-35)45-30(27)29(41)26(28(31)36)19-6-7-22(38)32-25(19)20(12-42)33(43)50-32/h6-7,16-18,21,24,47H,2-5,8-11,13-15,43H2,1H3/t16-,17?,18+,21+,35-/m0/s1. The number of hydrogen-bond acceptors (Lipinski definition) is 9. The Morgan fingerprint density at radius 2 is 2.08 bits per heavy atom. The zero-order valence-electron chi connectivity index (χ0n) is 27.1. The minimum Gasteiger partial charge on any atom is -0.491 e. The second kappa shape index (κ2) is 13.6. The van der Waals surface area contributed by atoms with Gasteiger partial charge in [-0.2, -0.15) is 15.2 Å². The van der Waals surface area contributed by atoms with Gasteiger partial charge in [0.05, 0.1) is 44.6 Å². The third-order valence-corrected chi connectivity index (χ3v) is 12.0. The molecule has 0 spiro atoms. The van der Waals surface area contributed by atoms with Crippen molar-refractivity contribution >= 4 is 48.9 Å². The van der Waals surface area contributed by atoms with Crippen LogP contribution in [0.4, 0.5) is 27.0 Å². The van der Waals surface area contributed by atoms with Crippen molar-refractivity contribution in [3.8, 4) is 29.0 Å². The predicted molar refractivity (Wildman–Crippen MR) is 181 cm³/mol. The van der Waals surface area contributed by atoms with E-state index in [1.54, 1.807) is 6.92 Å². The fourth-order valence-electron chi connectivity index (χ4n) is 8.16. The molecule has 0 radical (unpaired) electrons. The lowest BCUT2D eigenvalue weighted by Crippen LogP contribution is -2.43. The molecule has 0 bridgehead atoms. The Labute approximate surface area is 293 Å². The average molecular weight is 736 g/mol. The van der Waals surface area contributed by atoms with Gasteiger partial charge in [-0.25, -0.2) is 22.0 Å². The van der Waals surface area contributed by atoms with Gasteiger partial charge in [0.2, 0.25) is 6.43 Å². The Kier molecular flexibility index (Phi) is 9.47. The number of halogens is 6. The molecule has 3 N–H and O–H groups in total. The summed E-state index contributed by atoms with van der Waals surface area (Å²) in [7, 11) is 0. The summed E-state index contributed by atoms with van der Waals surface area (Å²) in [5, 5.41) is 20.9. The number of aromatic nitrogens is 2. The Balaban J connectivity index is 1.42. The van der Waals surface area contributed by atoms with Crippen LogP contribution in [0.5, 0.6) is 11.8 Å². The zero-order valence-corrected chi connectivity index (χ0v) is 28.7. The maximum atomic E-state index is 17.1. The number of alkyl halides is 3. The first-order chi connectivity index (χ1) is 23.9. The Morgan fingerprint density at radius 3 is 2.82 bits per heavy atom. The molecule has 4 aromatic rings. The van der Waals surface area contributed by atoms with Crippen LogP contribution in [-0.4, -0.2) is 70.5 Å². The van der Waals surface area contributed by atoms with Crippen LogP contribution < -0.4 is 15.2 Å². The highest BCUT2D eigenvalue weighted by atomic mass is 35.5. The van der Waals surface area contributed by atoms with E-state index in [9.17, 15) is 23.5 Å². The number of anilines is 1. The van der Waals surface area contributed by atoms with Crippen LogP contribution in [0.25, 0.3) is 32.1 Å². The van der Waals surface area contributed by atoms with Crippen LogP contribution >= 0.6 is 22.9 Å². The van der Waals surface area contributed by atoms with E-state index in [0.29, 0.717) is 19.4 Å². The van der Waals surface area contributed by atoms with Crippen molar-refractivity contribution in [1.82, 2.24) is 14.9 Å². The van der Waals surface area contributed by atoms with Crippen LogP contribution in [0.15, 0.2) is 12.1 Å². The summed E-state index contributed by atoms with van der Waals surface area (Å²) in [6.07, 6.45) is -2.22. The first-order valence-corrected chi connectivity index (χ1v) is 17.8. The molecule has 266 valence electrons. The van der Waals surface area contributed by atoms with Crippen molar-refractivity contribution in [1.29, 1.82) is 5.26 Å². The molecule has 15 heteroatoms. The van der Waals surface area contributed by atoms with Crippen molar-refractivity contribution in [3.05, 3.63) is 40.0 Å². The van der Waals surface area contributed by atoms with Crippen LogP contribution in [0.1, 0.15) is 56.7 Å². The van der Waals surface area contributed by atoms with Crippen LogP contribution in [0.3, 0.4) is 0 Å². The molecule has 0 saturated carbocycles. The number of hydrogen-bond donors (Lipinski definition) is 2. The SMILES string of the molecule is C[C@H](O)[C@H]1COc2c(Cl)c(-c3ccc(F)c4sc(N)c(C#N)c34)c(F)c3nc(OC[C@@]45CCCN4C[C@H](F)C5)nc(c23)CC1CCCC(F)F. The second-order valence-electron chi connectivity index (χ2n) is 13.6. The summed E-state index contributed by atoms with van der Waals surface area (Å²) >= 11 is 7.86. The van der Waals surface area contributed by atoms with Gasteiger partial charge in [0.15, 0.2) is 5.82 Å². The minimum absolute atomic E-state index is 0.0205. The van der Waals surface area contributed by atoms with Crippen molar-refractivity contribution < 1.29 is 36.5 Å². The summed E-state index contributed by atoms with van der Waals surface area (Å²) in [5.41, 5.74) is 5.46. The van der Waals surface area contributed by atoms with Crippen molar-refractivity contribution in [2.45, 2.75) is 76.1 Å². The monoisotopic (exact) mass is 735 g/mol. The zero-order chi connectivity index (χ0) is 35.5. The smallest absolute Gasteiger partial charge is 0.317 e. The van der Waals surface area contributed by atoms with Gasteiger partial charge >= 0.3 is 6.01 Å². The number of fused-ring (bicyclic) bond motifs is 2. The van der Waals surface area contributed by atoms with E-state index in [1.807, 2.05) is 6.07 Å². The van der Waals surface area contributed by atoms with Gasteiger partial charge in [0.25, 0.3) is 0 Å². The van der Waals surface area contributed by atoms with E-state index in [4.69, 9.17) is 31.8 Å². The number of aliphatic hydroxyl groups is 1. The van der Waals surface area contributed by atoms with Crippen molar-refractivity contribution in [2.75, 3.05) is 32.0 Å². The summed E-state index contributed by atoms with van der Waals surface area (Å²) in [5.74, 6) is -2.45. The Hall–Kier alpha value is -3.51. The van der Waals surface area contributed by atoms with E-state index >= 15 is 8.78 Å². The molecular weight excluding hydrogens is 701 g/mol. The number of nitrogens with two attached hydrogens (primary N) is 1.